The zero-order chi connectivity index (χ0) is 13.8. The van der Waals surface area contributed by atoms with Gasteiger partial charge in [0.05, 0.1) is 10.7 Å². The van der Waals surface area contributed by atoms with Crippen LogP contribution in [0.3, 0.4) is 0 Å². The standard InChI is InChI=1S/C17H20BrNS/c18-15-10-6-2-5-9-14(15)11-17-19-16(12-20-17)13-7-3-1-4-8-13/h1,3-4,7-8,12,14-15H,2,5-6,9-11H2. The third-order valence-electron chi connectivity index (χ3n) is 4.12. The number of nitrogens with zero attached hydrogens (tertiary/aromatic N) is 1. The van der Waals surface area contributed by atoms with Crippen LogP contribution in [-0.2, 0) is 6.42 Å². The van der Waals surface area contributed by atoms with Gasteiger partial charge in [0.15, 0.2) is 0 Å². The monoisotopic (exact) mass is 349 g/mol. The minimum absolute atomic E-state index is 0.675. The molecular weight excluding hydrogens is 330 g/mol. The van der Waals surface area contributed by atoms with Crippen molar-refractivity contribution in [3.63, 3.8) is 0 Å². The summed E-state index contributed by atoms with van der Waals surface area (Å²) in [7, 11) is 0. The zero-order valence-corrected chi connectivity index (χ0v) is 14.0. The lowest BCUT2D eigenvalue weighted by molar-refractivity contribution is 0.475. The Morgan fingerprint density at radius 3 is 2.75 bits per heavy atom. The lowest BCUT2D eigenvalue weighted by Gasteiger charge is -2.18. The first-order chi connectivity index (χ1) is 9.83. The first kappa shape index (κ1) is 14.3. The fourth-order valence-electron chi connectivity index (χ4n) is 2.94. The quantitative estimate of drug-likeness (QED) is 0.511. The van der Waals surface area contributed by atoms with Crippen molar-refractivity contribution in [2.75, 3.05) is 0 Å². The molecule has 2 aromatic rings. The van der Waals surface area contributed by atoms with Crippen LogP contribution < -0.4 is 0 Å². The molecule has 20 heavy (non-hydrogen) atoms. The Balaban J connectivity index is 1.71. The van der Waals surface area contributed by atoms with E-state index in [1.54, 1.807) is 0 Å². The summed E-state index contributed by atoms with van der Waals surface area (Å²) in [6, 6.07) is 10.5. The topological polar surface area (TPSA) is 12.9 Å². The molecule has 0 amide bonds. The summed E-state index contributed by atoms with van der Waals surface area (Å²) in [5.41, 5.74) is 2.36. The number of aromatic nitrogens is 1. The van der Waals surface area contributed by atoms with Gasteiger partial charge in [-0.3, -0.25) is 0 Å². The van der Waals surface area contributed by atoms with Gasteiger partial charge in [-0.25, -0.2) is 4.98 Å². The van der Waals surface area contributed by atoms with Crippen molar-refractivity contribution in [3.05, 3.63) is 40.7 Å². The summed E-state index contributed by atoms with van der Waals surface area (Å²) in [5.74, 6) is 0.757. The molecule has 0 aliphatic heterocycles. The molecule has 1 aromatic heterocycles. The number of hydrogen-bond donors (Lipinski definition) is 0. The summed E-state index contributed by atoms with van der Waals surface area (Å²) in [5, 5.41) is 3.49. The highest BCUT2D eigenvalue weighted by Crippen LogP contribution is 2.32. The molecule has 1 saturated carbocycles. The highest BCUT2D eigenvalue weighted by Gasteiger charge is 2.22. The van der Waals surface area contributed by atoms with Crippen LogP contribution in [0.15, 0.2) is 35.7 Å². The molecule has 0 bridgehead atoms. The molecule has 1 heterocycles. The molecule has 3 heteroatoms. The Morgan fingerprint density at radius 2 is 1.90 bits per heavy atom. The van der Waals surface area contributed by atoms with Crippen molar-refractivity contribution in [2.24, 2.45) is 5.92 Å². The van der Waals surface area contributed by atoms with E-state index < -0.39 is 0 Å². The highest BCUT2D eigenvalue weighted by atomic mass is 79.9. The molecule has 1 aliphatic carbocycles. The fourth-order valence-corrected chi connectivity index (χ4v) is 4.61. The summed E-state index contributed by atoms with van der Waals surface area (Å²) in [4.78, 5) is 5.51. The molecule has 2 atom stereocenters. The Bertz CT molecular complexity index is 537. The van der Waals surface area contributed by atoms with Crippen LogP contribution in [0.4, 0.5) is 0 Å². The maximum atomic E-state index is 4.84. The van der Waals surface area contributed by atoms with Crippen LogP contribution in [0.25, 0.3) is 11.3 Å². The lowest BCUT2D eigenvalue weighted by Crippen LogP contribution is -2.15. The molecule has 0 N–H and O–H groups in total. The van der Waals surface area contributed by atoms with Gasteiger partial charge in [0, 0.05) is 22.2 Å². The molecule has 1 nitrogen and oxygen atoms in total. The second-order valence-electron chi connectivity index (χ2n) is 5.61. The van der Waals surface area contributed by atoms with Crippen LogP contribution in [0, 0.1) is 5.92 Å². The number of thiazole rings is 1. The van der Waals surface area contributed by atoms with Gasteiger partial charge in [-0.1, -0.05) is 65.5 Å². The van der Waals surface area contributed by atoms with Gasteiger partial charge in [-0.05, 0) is 18.8 Å². The van der Waals surface area contributed by atoms with E-state index in [1.807, 2.05) is 11.3 Å². The van der Waals surface area contributed by atoms with Gasteiger partial charge < -0.3 is 0 Å². The highest BCUT2D eigenvalue weighted by molar-refractivity contribution is 9.09. The second-order valence-corrected chi connectivity index (χ2v) is 7.73. The molecule has 0 saturated heterocycles. The molecule has 1 aliphatic rings. The lowest BCUT2D eigenvalue weighted by atomic mass is 9.97. The largest absolute Gasteiger partial charge is 0.241 e. The average Bonchev–Trinajstić information content (AvgIpc) is 2.86. The number of hydrogen-bond acceptors (Lipinski definition) is 2. The van der Waals surface area contributed by atoms with Gasteiger partial charge in [-0.2, -0.15) is 0 Å². The third kappa shape index (κ3) is 3.50. The summed E-state index contributed by atoms with van der Waals surface area (Å²) in [6.07, 6.45) is 7.94. The van der Waals surface area contributed by atoms with E-state index in [0.29, 0.717) is 4.83 Å². The molecule has 3 rings (SSSR count). The first-order valence-corrected chi connectivity index (χ1v) is 9.26. The van der Waals surface area contributed by atoms with Gasteiger partial charge >= 0.3 is 0 Å². The van der Waals surface area contributed by atoms with Crippen LogP contribution in [0.2, 0.25) is 0 Å². The van der Waals surface area contributed by atoms with Crippen LogP contribution in [-0.4, -0.2) is 9.81 Å². The van der Waals surface area contributed by atoms with Crippen molar-refractivity contribution in [3.8, 4) is 11.3 Å². The maximum Gasteiger partial charge on any atom is 0.0935 e. The molecule has 106 valence electrons. The molecule has 1 aromatic carbocycles. The van der Waals surface area contributed by atoms with Gasteiger partial charge in [0.2, 0.25) is 0 Å². The Kier molecular flexibility index (Phi) is 4.90. The van der Waals surface area contributed by atoms with E-state index in [2.05, 4.69) is 51.6 Å². The van der Waals surface area contributed by atoms with Crippen molar-refractivity contribution in [2.45, 2.75) is 43.4 Å². The van der Waals surface area contributed by atoms with E-state index >= 15 is 0 Å². The number of rotatable bonds is 3. The summed E-state index contributed by atoms with van der Waals surface area (Å²) < 4.78 is 0. The zero-order valence-electron chi connectivity index (χ0n) is 11.6. The van der Waals surface area contributed by atoms with Gasteiger partial charge in [0.1, 0.15) is 0 Å². The molecule has 1 fully saturated rings. The van der Waals surface area contributed by atoms with Crippen LogP contribution in [0.1, 0.15) is 37.1 Å². The average molecular weight is 350 g/mol. The Hall–Kier alpha value is -0.670. The normalized spacial score (nSPS) is 23.4. The van der Waals surface area contributed by atoms with E-state index in [-0.39, 0.29) is 0 Å². The number of halogens is 1. The third-order valence-corrected chi connectivity index (χ3v) is 6.20. The second kappa shape index (κ2) is 6.86. The van der Waals surface area contributed by atoms with Crippen LogP contribution >= 0.6 is 27.3 Å². The maximum absolute atomic E-state index is 4.84. The van der Waals surface area contributed by atoms with Crippen molar-refractivity contribution in [1.29, 1.82) is 0 Å². The van der Waals surface area contributed by atoms with Crippen LogP contribution in [0.5, 0.6) is 0 Å². The number of alkyl halides is 1. The smallest absolute Gasteiger partial charge is 0.0935 e. The Labute approximate surface area is 133 Å². The summed E-state index contributed by atoms with van der Waals surface area (Å²) >= 11 is 5.71. The summed E-state index contributed by atoms with van der Waals surface area (Å²) in [6.45, 7) is 0. The van der Waals surface area contributed by atoms with Crippen molar-refractivity contribution in [1.82, 2.24) is 4.98 Å². The minimum atomic E-state index is 0.675. The molecule has 0 radical (unpaired) electrons. The molecule has 2 unspecified atom stereocenters. The molecule has 0 spiro atoms. The minimum Gasteiger partial charge on any atom is -0.241 e. The van der Waals surface area contributed by atoms with E-state index in [4.69, 9.17) is 4.98 Å². The van der Waals surface area contributed by atoms with Gasteiger partial charge in [0.25, 0.3) is 0 Å². The SMILES string of the molecule is BrC1CCCCCC1Cc1nc(-c2ccccc2)cs1. The van der Waals surface area contributed by atoms with Crippen molar-refractivity contribution < 1.29 is 0 Å². The van der Waals surface area contributed by atoms with Crippen molar-refractivity contribution >= 4 is 27.3 Å². The fraction of sp³-hybridized carbons (Fsp3) is 0.471. The first-order valence-electron chi connectivity index (χ1n) is 7.47. The number of benzene rings is 1. The van der Waals surface area contributed by atoms with E-state index in [1.165, 1.54) is 42.7 Å². The Morgan fingerprint density at radius 1 is 1.10 bits per heavy atom. The van der Waals surface area contributed by atoms with E-state index in [9.17, 15) is 0 Å². The molecular formula is C17H20BrNS. The predicted octanol–water partition coefficient (Wildman–Crippen LogP) is 5.70. The van der Waals surface area contributed by atoms with E-state index in [0.717, 1.165) is 18.0 Å². The predicted molar refractivity (Wildman–Crippen MR) is 90.5 cm³/mol. The van der Waals surface area contributed by atoms with Gasteiger partial charge in [-0.15, -0.1) is 11.3 Å².